The van der Waals surface area contributed by atoms with Gasteiger partial charge in [0.15, 0.2) is 5.78 Å². The van der Waals surface area contributed by atoms with Crippen molar-refractivity contribution in [2.45, 2.75) is 36.5 Å². The van der Waals surface area contributed by atoms with E-state index in [9.17, 15) is 5.11 Å². The van der Waals surface area contributed by atoms with Crippen LogP contribution in [0.2, 0.25) is 0 Å². The quantitative estimate of drug-likeness (QED) is 0.265. The maximum atomic E-state index is 15.9. The van der Waals surface area contributed by atoms with Crippen molar-refractivity contribution in [2.24, 2.45) is 17.8 Å². The first-order valence-electron chi connectivity index (χ1n) is 15.1. The summed E-state index contributed by atoms with van der Waals surface area (Å²) in [4.78, 5) is 15.9. The first-order valence-corrected chi connectivity index (χ1v) is 15.1. The Morgan fingerprint density at radius 1 is 0.561 bits per heavy atom. The fraction of sp³-hybridized carbons (Fsp3) is 0.256. The molecule has 4 aliphatic rings. The number of allylic oxidation sites excluding steroid dienone is 4. The van der Waals surface area contributed by atoms with Gasteiger partial charge in [0.1, 0.15) is 10.8 Å². The number of benzene rings is 4. The molecule has 0 aromatic heterocycles. The van der Waals surface area contributed by atoms with Gasteiger partial charge in [0.05, 0.1) is 0 Å². The zero-order valence-electron chi connectivity index (χ0n) is 23.2. The van der Waals surface area contributed by atoms with E-state index >= 15 is 4.79 Å². The minimum atomic E-state index is -0.852. The lowest BCUT2D eigenvalue weighted by Gasteiger charge is -2.38. The SMILES string of the molecule is O=C1C2(c3ccccc3)C3=C(CC[C@H]4C(CO)[C@H]4CC3)C1(c1ccccc1)C(c1ccccc1)=C2c1ccccc1. The summed E-state index contributed by atoms with van der Waals surface area (Å²) in [7, 11) is 0. The topological polar surface area (TPSA) is 37.3 Å². The number of carbonyl (C=O) groups is 1. The van der Waals surface area contributed by atoms with Gasteiger partial charge < -0.3 is 5.11 Å². The molecule has 4 aliphatic carbocycles. The molecular weight excluding hydrogens is 500 g/mol. The van der Waals surface area contributed by atoms with Gasteiger partial charge in [-0.1, -0.05) is 121 Å². The van der Waals surface area contributed by atoms with Crippen LogP contribution in [0.3, 0.4) is 0 Å². The van der Waals surface area contributed by atoms with E-state index in [1.54, 1.807) is 0 Å². The van der Waals surface area contributed by atoms with Gasteiger partial charge in [-0.2, -0.15) is 0 Å². The predicted octanol–water partition coefficient (Wildman–Crippen LogP) is 7.79. The highest BCUT2D eigenvalue weighted by Gasteiger charge is 2.71. The van der Waals surface area contributed by atoms with Gasteiger partial charge in [-0.25, -0.2) is 0 Å². The molecule has 1 N–H and O–H groups in total. The Morgan fingerprint density at radius 2 is 0.927 bits per heavy atom. The normalized spacial score (nSPS) is 30.1. The van der Waals surface area contributed by atoms with Crippen LogP contribution in [-0.4, -0.2) is 17.5 Å². The third-order valence-corrected chi connectivity index (χ3v) is 10.7. The number of aliphatic hydroxyl groups excluding tert-OH is 1. The molecule has 2 heteroatoms. The highest BCUT2D eigenvalue weighted by Crippen LogP contribution is 2.73. The fourth-order valence-corrected chi connectivity index (χ4v) is 9.07. The maximum absolute atomic E-state index is 15.9. The van der Waals surface area contributed by atoms with Crippen LogP contribution in [0.5, 0.6) is 0 Å². The molecule has 2 nitrogen and oxygen atoms in total. The molecule has 202 valence electrons. The first kappa shape index (κ1) is 24.8. The Labute approximate surface area is 242 Å². The Morgan fingerprint density at radius 3 is 1.29 bits per heavy atom. The van der Waals surface area contributed by atoms with E-state index < -0.39 is 10.8 Å². The van der Waals surface area contributed by atoms with Crippen LogP contribution in [0.25, 0.3) is 11.1 Å². The second-order valence-electron chi connectivity index (χ2n) is 12.3. The number of ketones is 1. The molecule has 3 unspecified atom stereocenters. The molecule has 41 heavy (non-hydrogen) atoms. The number of hydrogen-bond donors (Lipinski definition) is 1. The maximum Gasteiger partial charge on any atom is 0.170 e. The van der Waals surface area contributed by atoms with Crippen molar-refractivity contribution in [3.63, 3.8) is 0 Å². The summed E-state index contributed by atoms with van der Waals surface area (Å²) in [6.45, 7) is 0.273. The summed E-state index contributed by atoms with van der Waals surface area (Å²) in [5, 5.41) is 10.1. The number of Topliss-reactive ketones (excluding diaryl/α,β-unsaturated/α-hetero) is 1. The van der Waals surface area contributed by atoms with E-state index in [0.717, 1.165) is 59.1 Å². The summed E-state index contributed by atoms with van der Waals surface area (Å²) in [6.07, 6.45) is 3.84. The molecule has 4 aromatic carbocycles. The van der Waals surface area contributed by atoms with Gasteiger partial charge in [0.2, 0.25) is 0 Å². The average molecular weight is 535 g/mol. The van der Waals surface area contributed by atoms with Crippen LogP contribution in [0.15, 0.2) is 132 Å². The molecule has 1 fully saturated rings. The molecule has 0 aliphatic heterocycles. The van der Waals surface area contributed by atoms with E-state index in [1.807, 2.05) is 0 Å². The van der Waals surface area contributed by atoms with Crippen LogP contribution in [0, 0.1) is 17.8 Å². The van der Waals surface area contributed by atoms with Crippen LogP contribution in [0.4, 0.5) is 0 Å². The van der Waals surface area contributed by atoms with Crippen LogP contribution in [0.1, 0.15) is 47.9 Å². The van der Waals surface area contributed by atoms with Crippen LogP contribution >= 0.6 is 0 Å². The smallest absolute Gasteiger partial charge is 0.170 e. The number of aliphatic hydroxyl groups is 1. The van der Waals surface area contributed by atoms with Crippen molar-refractivity contribution >= 4 is 16.9 Å². The van der Waals surface area contributed by atoms with Crippen molar-refractivity contribution in [1.29, 1.82) is 0 Å². The molecule has 0 amide bonds. The third kappa shape index (κ3) is 3.20. The van der Waals surface area contributed by atoms with E-state index in [1.165, 1.54) is 11.1 Å². The van der Waals surface area contributed by atoms with Crippen LogP contribution < -0.4 is 0 Å². The Bertz CT molecular complexity index is 1560. The first-order chi connectivity index (χ1) is 20.2. The lowest BCUT2D eigenvalue weighted by Crippen LogP contribution is -2.39. The predicted molar refractivity (Wildman–Crippen MR) is 164 cm³/mol. The molecule has 2 bridgehead atoms. The second-order valence-corrected chi connectivity index (χ2v) is 12.3. The fourth-order valence-electron chi connectivity index (χ4n) is 9.07. The van der Waals surface area contributed by atoms with Gasteiger partial charge in [0.25, 0.3) is 0 Å². The highest BCUT2D eigenvalue weighted by molar-refractivity contribution is 6.33. The standard InChI is InChI=1S/C39H34O2/c40-25-32-30-21-23-33-34(24-22-31(30)32)39(29-19-11-4-12-20-29)36(27-15-7-2-8-16-27)35(26-13-5-1-6-14-26)38(33,37(39)41)28-17-9-3-10-18-28/h1-20,30-32,40H,21-25H2/t30-,31+,32?,38?,39?. The molecule has 0 saturated heterocycles. The van der Waals surface area contributed by atoms with Gasteiger partial charge in [-0.05, 0) is 88.0 Å². The summed E-state index contributed by atoms with van der Waals surface area (Å²) in [6, 6.07) is 42.5. The monoisotopic (exact) mass is 534 g/mol. The Balaban J connectivity index is 1.52. The van der Waals surface area contributed by atoms with Crippen molar-refractivity contribution in [3.05, 3.63) is 155 Å². The van der Waals surface area contributed by atoms with E-state index in [4.69, 9.17) is 0 Å². The molecule has 0 spiro atoms. The van der Waals surface area contributed by atoms with E-state index in [2.05, 4.69) is 121 Å². The molecular formula is C39H34O2. The third-order valence-electron chi connectivity index (χ3n) is 10.7. The van der Waals surface area contributed by atoms with E-state index in [-0.39, 0.29) is 6.61 Å². The zero-order chi connectivity index (χ0) is 27.6. The number of rotatable bonds is 5. The summed E-state index contributed by atoms with van der Waals surface area (Å²) in [5.41, 5.74) is 7.62. The molecule has 4 aromatic rings. The average Bonchev–Trinajstić information content (AvgIpc) is 3.58. The van der Waals surface area contributed by atoms with Crippen molar-refractivity contribution in [2.75, 3.05) is 6.61 Å². The second kappa shape index (κ2) is 9.26. The van der Waals surface area contributed by atoms with Crippen molar-refractivity contribution < 1.29 is 9.90 Å². The van der Waals surface area contributed by atoms with Crippen molar-refractivity contribution in [1.82, 2.24) is 0 Å². The molecule has 0 heterocycles. The summed E-state index contributed by atoms with van der Waals surface area (Å²) >= 11 is 0. The van der Waals surface area contributed by atoms with E-state index in [0.29, 0.717) is 23.5 Å². The zero-order valence-corrected chi connectivity index (χ0v) is 23.2. The number of hydrogen-bond acceptors (Lipinski definition) is 2. The molecule has 0 radical (unpaired) electrons. The highest BCUT2D eigenvalue weighted by atomic mass is 16.3. The largest absolute Gasteiger partial charge is 0.396 e. The lowest BCUT2D eigenvalue weighted by atomic mass is 9.63. The van der Waals surface area contributed by atoms with Crippen LogP contribution in [-0.2, 0) is 15.6 Å². The van der Waals surface area contributed by atoms with Gasteiger partial charge in [-0.15, -0.1) is 0 Å². The number of fused-ring (bicyclic) bond motifs is 5. The number of carbonyl (C=O) groups excluding carboxylic acids is 1. The van der Waals surface area contributed by atoms with Gasteiger partial charge in [0, 0.05) is 6.61 Å². The van der Waals surface area contributed by atoms with Crippen molar-refractivity contribution in [3.8, 4) is 0 Å². The van der Waals surface area contributed by atoms with Gasteiger partial charge in [-0.3, -0.25) is 4.79 Å². The lowest BCUT2D eigenvalue weighted by molar-refractivity contribution is -0.122. The summed E-state index contributed by atoms with van der Waals surface area (Å²) < 4.78 is 0. The minimum absolute atomic E-state index is 0.273. The Hall–Kier alpha value is -4.01. The molecule has 5 atom stereocenters. The minimum Gasteiger partial charge on any atom is -0.396 e. The molecule has 8 rings (SSSR count). The summed E-state index contributed by atoms with van der Waals surface area (Å²) in [5.74, 6) is 1.81. The molecule has 1 saturated carbocycles. The Kier molecular flexibility index (Phi) is 5.59. The van der Waals surface area contributed by atoms with Gasteiger partial charge >= 0.3 is 0 Å².